The number of sulfone groups is 1. The van der Waals surface area contributed by atoms with Crippen LogP contribution in [-0.2, 0) is 9.84 Å². The summed E-state index contributed by atoms with van der Waals surface area (Å²) in [7, 11) is -3.34. The molecule has 1 aliphatic heterocycles. The molecule has 1 heterocycles. The highest BCUT2D eigenvalue weighted by molar-refractivity contribution is 7.91. The van der Waals surface area contributed by atoms with E-state index in [-0.39, 0.29) is 18.3 Å². The van der Waals surface area contributed by atoms with Gasteiger partial charge in [-0.05, 0) is 43.7 Å². The Bertz CT molecular complexity index is 654. The zero-order valence-electron chi connectivity index (χ0n) is 14.0. The van der Waals surface area contributed by atoms with Gasteiger partial charge in [-0.2, -0.15) is 0 Å². The molecule has 2 fully saturated rings. The number of hydrogen-bond donors (Lipinski definition) is 1. The van der Waals surface area contributed by atoms with Crippen molar-refractivity contribution in [3.05, 3.63) is 30.3 Å². The summed E-state index contributed by atoms with van der Waals surface area (Å²) in [4.78, 5) is 14.7. The van der Waals surface area contributed by atoms with Crippen LogP contribution in [0.15, 0.2) is 35.2 Å². The topological polar surface area (TPSA) is 66.5 Å². The van der Waals surface area contributed by atoms with Crippen molar-refractivity contribution in [2.24, 2.45) is 5.92 Å². The SMILES string of the molecule is O=C(NCCS(=O)(=O)c1ccccc1)N1CCCC1C1CCCC1. The van der Waals surface area contributed by atoms with Crippen LogP contribution in [0.1, 0.15) is 38.5 Å². The maximum Gasteiger partial charge on any atom is 0.317 e. The Balaban J connectivity index is 1.52. The zero-order valence-corrected chi connectivity index (χ0v) is 14.8. The first-order valence-electron chi connectivity index (χ1n) is 8.90. The molecule has 2 aliphatic rings. The Labute approximate surface area is 144 Å². The predicted molar refractivity (Wildman–Crippen MR) is 93.6 cm³/mol. The van der Waals surface area contributed by atoms with E-state index in [9.17, 15) is 13.2 Å². The second-order valence-electron chi connectivity index (χ2n) is 6.81. The van der Waals surface area contributed by atoms with E-state index >= 15 is 0 Å². The molecule has 3 rings (SSSR count). The van der Waals surface area contributed by atoms with Crippen LogP contribution in [0, 0.1) is 5.92 Å². The fourth-order valence-corrected chi connectivity index (χ4v) is 5.19. The lowest BCUT2D eigenvalue weighted by atomic mass is 9.96. The van der Waals surface area contributed by atoms with Gasteiger partial charge in [0.2, 0.25) is 0 Å². The van der Waals surface area contributed by atoms with Gasteiger partial charge in [-0.1, -0.05) is 31.0 Å². The lowest BCUT2D eigenvalue weighted by Gasteiger charge is -2.29. The predicted octanol–water partition coefficient (Wildman–Crippen LogP) is 2.82. The first kappa shape index (κ1) is 17.3. The second kappa shape index (κ2) is 7.55. The van der Waals surface area contributed by atoms with E-state index in [0.717, 1.165) is 19.4 Å². The summed E-state index contributed by atoms with van der Waals surface area (Å²) < 4.78 is 24.5. The summed E-state index contributed by atoms with van der Waals surface area (Å²) in [6.45, 7) is 0.947. The molecule has 132 valence electrons. The third kappa shape index (κ3) is 3.91. The van der Waals surface area contributed by atoms with Gasteiger partial charge in [-0.3, -0.25) is 0 Å². The number of nitrogens with one attached hydrogen (secondary N) is 1. The van der Waals surface area contributed by atoms with Gasteiger partial charge in [-0.15, -0.1) is 0 Å². The number of urea groups is 1. The van der Waals surface area contributed by atoms with Crippen molar-refractivity contribution in [2.45, 2.75) is 49.5 Å². The van der Waals surface area contributed by atoms with Gasteiger partial charge >= 0.3 is 6.03 Å². The molecule has 1 unspecified atom stereocenters. The molecule has 1 aromatic carbocycles. The highest BCUT2D eigenvalue weighted by atomic mass is 32.2. The minimum Gasteiger partial charge on any atom is -0.337 e. The van der Waals surface area contributed by atoms with E-state index in [1.807, 2.05) is 4.90 Å². The molecule has 1 saturated carbocycles. The molecule has 0 bridgehead atoms. The lowest BCUT2D eigenvalue weighted by molar-refractivity contribution is 0.173. The number of nitrogens with zero attached hydrogens (tertiary/aromatic N) is 1. The van der Waals surface area contributed by atoms with Crippen LogP contribution in [0.4, 0.5) is 4.79 Å². The van der Waals surface area contributed by atoms with Gasteiger partial charge in [0.1, 0.15) is 0 Å². The number of carbonyl (C=O) groups excluding carboxylic acids is 1. The van der Waals surface area contributed by atoms with Crippen molar-refractivity contribution < 1.29 is 13.2 Å². The third-order valence-electron chi connectivity index (χ3n) is 5.25. The number of likely N-dealkylation sites (tertiary alicyclic amines) is 1. The average molecular weight is 350 g/mol. The van der Waals surface area contributed by atoms with Crippen LogP contribution in [0.25, 0.3) is 0 Å². The maximum atomic E-state index is 12.5. The average Bonchev–Trinajstić information content (AvgIpc) is 3.26. The highest BCUT2D eigenvalue weighted by Crippen LogP contribution is 2.35. The van der Waals surface area contributed by atoms with Crippen LogP contribution >= 0.6 is 0 Å². The van der Waals surface area contributed by atoms with Crippen LogP contribution in [-0.4, -0.2) is 44.2 Å². The van der Waals surface area contributed by atoms with E-state index in [4.69, 9.17) is 0 Å². The molecule has 1 saturated heterocycles. The summed E-state index contributed by atoms with van der Waals surface area (Å²) >= 11 is 0. The van der Waals surface area contributed by atoms with E-state index < -0.39 is 9.84 Å². The molecule has 0 spiro atoms. The van der Waals surface area contributed by atoms with Gasteiger partial charge in [0.25, 0.3) is 0 Å². The van der Waals surface area contributed by atoms with Crippen LogP contribution < -0.4 is 5.32 Å². The number of hydrogen-bond acceptors (Lipinski definition) is 3. The summed E-state index contributed by atoms with van der Waals surface area (Å²) in [6.07, 6.45) is 7.11. The maximum absolute atomic E-state index is 12.5. The number of benzene rings is 1. The fraction of sp³-hybridized carbons (Fsp3) is 0.611. The van der Waals surface area contributed by atoms with Gasteiger partial charge < -0.3 is 10.2 Å². The van der Waals surface area contributed by atoms with Crippen molar-refractivity contribution in [1.82, 2.24) is 10.2 Å². The molecule has 2 amide bonds. The molecule has 1 aliphatic carbocycles. The Morgan fingerprint density at radius 2 is 1.79 bits per heavy atom. The van der Waals surface area contributed by atoms with Gasteiger partial charge in [0.05, 0.1) is 10.6 Å². The second-order valence-corrected chi connectivity index (χ2v) is 8.92. The minimum atomic E-state index is -3.34. The molecule has 5 nitrogen and oxygen atoms in total. The normalized spacial score (nSPS) is 22.0. The molecule has 1 N–H and O–H groups in total. The van der Waals surface area contributed by atoms with Crippen LogP contribution in [0.5, 0.6) is 0 Å². The quantitative estimate of drug-likeness (QED) is 0.888. The van der Waals surface area contributed by atoms with E-state index in [0.29, 0.717) is 16.9 Å². The standard InChI is InChI=1S/C18H26N2O3S/c21-18(20-13-6-11-17(20)15-7-4-5-8-15)19-12-14-24(22,23)16-9-2-1-3-10-16/h1-3,9-10,15,17H,4-8,11-14H2,(H,19,21). The number of carbonyl (C=O) groups is 1. The molecule has 0 aromatic heterocycles. The molecule has 6 heteroatoms. The Kier molecular flexibility index (Phi) is 5.43. The largest absolute Gasteiger partial charge is 0.337 e. The first-order chi connectivity index (χ1) is 11.6. The molecular weight excluding hydrogens is 324 g/mol. The third-order valence-corrected chi connectivity index (χ3v) is 6.99. The molecule has 1 atom stereocenters. The zero-order chi connectivity index (χ0) is 17.0. The number of rotatable bonds is 5. The van der Waals surface area contributed by atoms with Crippen LogP contribution in [0.2, 0.25) is 0 Å². The van der Waals surface area contributed by atoms with E-state index in [1.165, 1.54) is 25.7 Å². The lowest BCUT2D eigenvalue weighted by Crippen LogP contribution is -2.46. The molecule has 0 radical (unpaired) electrons. The molecule has 24 heavy (non-hydrogen) atoms. The number of amides is 2. The summed E-state index contributed by atoms with van der Waals surface area (Å²) in [6, 6.07) is 8.63. The van der Waals surface area contributed by atoms with Gasteiger partial charge in [0.15, 0.2) is 9.84 Å². The van der Waals surface area contributed by atoms with Crippen LogP contribution in [0.3, 0.4) is 0 Å². The Hall–Kier alpha value is -1.56. The fourth-order valence-electron chi connectivity index (χ4n) is 4.02. The van der Waals surface area contributed by atoms with Crippen molar-refractivity contribution >= 4 is 15.9 Å². The minimum absolute atomic E-state index is 0.0648. The first-order valence-corrected chi connectivity index (χ1v) is 10.6. The molecular formula is C18H26N2O3S. The van der Waals surface area contributed by atoms with E-state index in [1.54, 1.807) is 30.3 Å². The van der Waals surface area contributed by atoms with Gasteiger partial charge in [-0.25, -0.2) is 13.2 Å². The highest BCUT2D eigenvalue weighted by Gasteiger charge is 2.35. The Morgan fingerprint density at radius 3 is 2.50 bits per heavy atom. The molecule has 1 aromatic rings. The van der Waals surface area contributed by atoms with Crippen molar-refractivity contribution in [2.75, 3.05) is 18.8 Å². The monoisotopic (exact) mass is 350 g/mol. The van der Waals surface area contributed by atoms with E-state index in [2.05, 4.69) is 5.32 Å². The summed E-state index contributed by atoms with van der Waals surface area (Å²) in [5.74, 6) is 0.566. The Morgan fingerprint density at radius 1 is 1.08 bits per heavy atom. The summed E-state index contributed by atoms with van der Waals surface area (Å²) in [5, 5.41) is 2.81. The smallest absolute Gasteiger partial charge is 0.317 e. The van der Waals surface area contributed by atoms with Crippen molar-refractivity contribution in [3.63, 3.8) is 0 Å². The van der Waals surface area contributed by atoms with Crippen molar-refractivity contribution in [1.29, 1.82) is 0 Å². The van der Waals surface area contributed by atoms with Gasteiger partial charge in [0, 0.05) is 19.1 Å². The van der Waals surface area contributed by atoms with Crippen molar-refractivity contribution in [3.8, 4) is 0 Å². The summed E-state index contributed by atoms with van der Waals surface area (Å²) in [5.41, 5.74) is 0.